The molecule has 5 heteroatoms. The Morgan fingerprint density at radius 3 is 2.57 bits per heavy atom. The van der Waals surface area contributed by atoms with Gasteiger partial charge in [0.15, 0.2) is 0 Å². The zero-order valence-corrected chi connectivity index (χ0v) is 12.1. The fraction of sp³-hybridized carbons (Fsp3) is 0.500. The van der Waals surface area contributed by atoms with Gasteiger partial charge in [-0.3, -0.25) is 10.1 Å². The molecule has 1 atom stereocenters. The molecule has 21 heavy (non-hydrogen) atoms. The van der Waals surface area contributed by atoms with Crippen molar-refractivity contribution in [3.63, 3.8) is 0 Å². The summed E-state index contributed by atoms with van der Waals surface area (Å²) in [4.78, 5) is 12.0. The Labute approximate surface area is 124 Å². The third kappa shape index (κ3) is 3.41. The minimum Gasteiger partial charge on any atom is -0.468 e. The molecule has 1 aromatic rings. The van der Waals surface area contributed by atoms with Crippen LogP contribution in [0.2, 0.25) is 0 Å². The molecule has 0 saturated heterocycles. The number of β-amino-alcohol motifs (C(OH)–C–C–N with tert-alkyl or cyclic N) is 1. The Balaban J connectivity index is 2.00. The average molecular weight is 288 g/mol. The van der Waals surface area contributed by atoms with Crippen molar-refractivity contribution in [2.24, 2.45) is 0 Å². The van der Waals surface area contributed by atoms with Crippen LogP contribution in [-0.4, -0.2) is 30.3 Å². The summed E-state index contributed by atoms with van der Waals surface area (Å²) in [5, 5.41) is 22.2. The largest absolute Gasteiger partial charge is 0.468 e. The Morgan fingerprint density at radius 2 is 2.05 bits per heavy atom. The second kappa shape index (κ2) is 6.70. The molecule has 1 unspecified atom stereocenters. The average Bonchev–Trinajstić information content (AvgIpc) is 3.02. The summed E-state index contributed by atoms with van der Waals surface area (Å²) in [5.41, 5.74) is 0.614. The van der Waals surface area contributed by atoms with Gasteiger partial charge in [-0.05, 0) is 30.5 Å². The molecule has 112 valence electrons. The first-order valence-corrected chi connectivity index (χ1v) is 7.13. The van der Waals surface area contributed by atoms with E-state index in [2.05, 4.69) is 5.32 Å². The van der Waals surface area contributed by atoms with Crippen molar-refractivity contribution in [3.8, 4) is 6.07 Å². The molecule has 0 heterocycles. The number of nitrogens with one attached hydrogen (secondary N) is 1. The normalized spacial score (nSPS) is 18.0. The first kappa shape index (κ1) is 15.5. The van der Waals surface area contributed by atoms with Gasteiger partial charge < -0.3 is 9.84 Å². The van der Waals surface area contributed by atoms with Gasteiger partial charge in [0, 0.05) is 6.54 Å². The zero-order valence-electron chi connectivity index (χ0n) is 12.1. The zero-order chi connectivity index (χ0) is 15.3. The van der Waals surface area contributed by atoms with Gasteiger partial charge in [-0.15, -0.1) is 0 Å². The van der Waals surface area contributed by atoms with Gasteiger partial charge in [0.2, 0.25) is 0 Å². The van der Waals surface area contributed by atoms with E-state index in [-0.39, 0.29) is 12.5 Å². The lowest BCUT2D eigenvalue weighted by Gasteiger charge is -2.28. The van der Waals surface area contributed by atoms with Crippen LogP contribution in [0.15, 0.2) is 24.3 Å². The van der Waals surface area contributed by atoms with Crippen LogP contribution in [0.25, 0.3) is 0 Å². The minimum atomic E-state index is -0.722. The van der Waals surface area contributed by atoms with Crippen LogP contribution in [-0.2, 0) is 9.53 Å². The van der Waals surface area contributed by atoms with E-state index in [1.54, 1.807) is 24.3 Å². The number of aliphatic hydroxyl groups excluding tert-OH is 1. The smallest absolute Gasteiger partial charge is 0.326 e. The predicted octanol–water partition coefficient (Wildman–Crippen LogP) is 1.67. The summed E-state index contributed by atoms with van der Waals surface area (Å²) < 4.78 is 4.89. The highest BCUT2D eigenvalue weighted by Gasteiger charge is 2.42. The fourth-order valence-corrected chi connectivity index (χ4v) is 2.82. The maximum absolute atomic E-state index is 12.0. The Kier molecular flexibility index (Phi) is 4.94. The molecule has 0 aromatic heterocycles. The van der Waals surface area contributed by atoms with E-state index in [4.69, 9.17) is 10.00 Å². The van der Waals surface area contributed by atoms with Gasteiger partial charge in [0.05, 0.1) is 24.8 Å². The quantitative estimate of drug-likeness (QED) is 0.805. The number of ether oxygens (including phenoxy) is 1. The number of hydrogen-bond acceptors (Lipinski definition) is 5. The monoisotopic (exact) mass is 288 g/mol. The van der Waals surface area contributed by atoms with Crippen molar-refractivity contribution < 1.29 is 14.6 Å². The molecule has 5 nitrogen and oxygen atoms in total. The van der Waals surface area contributed by atoms with Crippen LogP contribution < -0.4 is 5.32 Å². The highest BCUT2D eigenvalue weighted by Crippen LogP contribution is 2.31. The number of nitrogens with zero attached hydrogens (tertiary/aromatic N) is 1. The molecule has 0 aliphatic heterocycles. The standard InChI is InChI=1S/C16H20N2O3/c1-21-15(20)16(8-2-3-9-16)18-11-14(19)13-6-4-12(10-17)5-7-13/h4-7,14,18-19H,2-3,8-9,11H2,1H3. The van der Waals surface area contributed by atoms with Crippen LogP contribution in [0.5, 0.6) is 0 Å². The molecule has 0 amide bonds. The van der Waals surface area contributed by atoms with E-state index in [9.17, 15) is 9.90 Å². The van der Waals surface area contributed by atoms with Crippen LogP contribution in [0.1, 0.15) is 42.9 Å². The number of hydrogen-bond donors (Lipinski definition) is 2. The molecule has 1 aliphatic rings. The first-order valence-electron chi connectivity index (χ1n) is 7.13. The number of rotatable bonds is 5. The number of esters is 1. The molecule has 1 aliphatic carbocycles. The van der Waals surface area contributed by atoms with Gasteiger partial charge in [-0.25, -0.2) is 0 Å². The molecular weight excluding hydrogens is 268 g/mol. The van der Waals surface area contributed by atoms with Gasteiger partial charge in [-0.1, -0.05) is 25.0 Å². The topological polar surface area (TPSA) is 82.3 Å². The first-order chi connectivity index (χ1) is 10.1. The molecular formula is C16H20N2O3. The number of methoxy groups -OCH3 is 1. The molecule has 2 rings (SSSR count). The van der Waals surface area contributed by atoms with Crippen molar-refractivity contribution in [1.82, 2.24) is 5.32 Å². The summed E-state index contributed by atoms with van der Waals surface area (Å²) >= 11 is 0. The molecule has 0 spiro atoms. The fourth-order valence-electron chi connectivity index (χ4n) is 2.82. The van der Waals surface area contributed by atoms with Crippen molar-refractivity contribution in [1.29, 1.82) is 5.26 Å². The van der Waals surface area contributed by atoms with E-state index in [1.807, 2.05) is 6.07 Å². The van der Waals surface area contributed by atoms with Crippen molar-refractivity contribution in [3.05, 3.63) is 35.4 Å². The number of benzene rings is 1. The summed E-state index contributed by atoms with van der Waals surface area (Å²) in [5.74, 6) is -0.257. The lowest BCUT2D eigenvalue weighted by atomic mass is 9.97. The Hall–Kier alpha value is -1.90. The van der Waals surface area contributed by atoms with Crippen molar-refractivity contribution >= 4 is 5.97 Å². The molecule has 0 radical (unpaired) electrons. The van der Waals surface area contributed by atoms with Gasteiger partial charge in [0.1, 0.15) is 5.54 Å². The second-order valence-electron chi connectivity index (χ2n) is 5.41. The summed E-state index contributed by atoms with van der Waals surface area (Å²) in [6, 6.07) is 8.83. The highest BCUT2D eigenvalue weighted by molar-refractivity contribution is 5.81. The predicted molar refractivity (Wildman–Crippen MR) is 77.3 cm³/mol. The van der Waals surface area contributed by atoms with Crippen LogP contribution in [0.4, 0.5) is 0 Å². The number of nitriles is 1. The van der Waals surface area contributed by atoms with Crippen molar-refractivity contribution in [2.45, 2.75) is 37.3 Å². The third-order valence-corrected chi connectivity index (χ3v) is 4.09. The summed E-state index contributed by atoms with van der Waals surface area (Å²) in [6.45, 7) is 0.279. The number of aliphatic hydroxyl groups is 1. The van der Waals surface area contributed by atoms with Crippen LogP contribution in [0.3, 0.4) is 0 Å². The summed E-state index contributed by atoms with van der Waals surface area (Å²) in [7, 11) is 1.39. The maximum Gasteiger partial charge on any atom is 0.326 e. The lowest BCUT2D eigenvalue weighted by Crippen LogP contribution is -2.51. The molecule has 0 bridgehead atoms. The van der Waals surface area contributed by atoms with Crippen LogP contribution in [0, 0.1) is 11.3 Å². The van der Waals surface area contributed by atoms with Crippen molar-refractivity contribution in [2.75, 3.05) is 13.7 Å². The van der Waals surface area contributed by atoms with Gasteiger partial charge in [-0.2, -0.15) is 5.26 Å². The Morgan fingerprint density at radius 1 is 1.43 bits per heavy atom. The number of carbonyl (C=O) groups excluding carboxylic acids is 1. The highest BCUT2D eigenvalue weighted by atomic mass is 16.5. The molecule has 1 saturated carbocycles. The number of carbonyl (C=O) groups is 1. The lowest BCUT2D eigenvalue weighted by molar-refractivity contribution is -0.148. The van der Waals surface area contributed by atoms with E-state index in [0.717, 1.165) is 31.2 Å². The van der Waals surface area contributed by atoms with E-state index >= 15 is 0 Å². The van der Waals surface area contributed by atoms with Gasteiger partial charge in [0.25, 0.3) is 0 Å². The van der Waals surface area contributed by atoms with E-state index in [0.29, 0.717) is 5.56 Å². The molecule has 2 N–H and O–H groups in total. The molecule has 1 aromatic carbocycles. The minimum absolute atomic E-state index is 0.257. The maximum atomic E-state index is 12.0. The van der Waals surface area contributed by atoms with Gasteiger partial charge >= 0.3 is 5.97 Å². The van der Waals surface area contributed by atoms with E-state index in [1.165, 1.54) is 7.11 Å². The van der Waals surface area contributed by atoms with Crippen LogP contribution >= 0.6 is 0 Å². The summed E-state index contributed by atoms with van der Waals surface area (Å²) in [6.07, 6.45) is 2.71. The molecule has 1 fully saturated rings. The second-order valence-corrected chi connectivity index (χ2v) is 5.41. The Bertz CT molecular complexity index is 527. The SMILES string of the molecule is COC(=O)C1(NCC(O)c2ccc(C#N)cc2)CCCC1. The third-order valence-electron chi connectivity index (χ3n) is 4.09. The van der Waals surface area contributed by atoms with E-state index < -0.39 is 11.6 Å².